The second-order valence-electron chi connectivity index (χ2n) is 4.14. The Kier molecular flexibility index (Phi) is 4.70. The van der Waals surface area contributed by atoms with Crippen LogP contribution in [0.25, 0.3) is 0 Å². The molecule has 20 heavy (non-hydrogen) atoms. The highest BCUT2D eigenvalue weighted by atomic mass is 19.1. The molecule has 0 spiro atoms. The van der Waals surface area contributed by atoms with Crippen molar-refractivity contribution in [1.29, 1.82) is 0 Å². The van der Waals surface area contributed by atoms with Gasteiger partial charge in [0, 0.05) is 6.54 Å². The van der Waals surface area contributed by atoms with Crippen molar-refractivity contribution in [2.45, 2.75) is 13.3 Å². The molecule has 0 radical (unpaired) electrons. The zero-order chi connectivity index (χ0) is 14.4. The number of nitrogens with zero attached hydrogens (tertiary/aromatic N) is 2. The van der Waals surface area contributed by atoms with E-state index in [0.717, 1.165) is 0 Å². The van der Waals surface area contributed by atoms with Gasteiger partial charge in [-0.15, -0.1) is 0 Å². The van der Waals surface area contributed by atoms with Crippen molar-refractivity contribution in [3.05, 3.63) is 42.0 Å². The summed E-state index contributed by atoms with van der Waals surface area (Å²) in [5.41, 5.74) is 6.91. The van der Waals surface area contributed by atoms with Crippen molar-refractivity contribution in [3.8, 4) is 5.88 Å². The maximum atomic E-state index is 13.5. The number of hydrogen-bond donors (Lipinski definition) is 2. The highest BCUT2D eigenvalue weighted by Crippen LogP contribution is 2.24. The fourth-order valence-corrected chi connectivity index (χ4v) is 1.79. The molecule has 0 aliphatic heterocycles. The number of rotatable bonds is 6. The van der Waals surface area contributed by atoms with E-state index in [2.05, 4.69) is 15.3 Å². The Morgan fingerprint density at radius 1 is 1.30 bits per heavy atom. The lowest BCUT2D eigenvalue weighted by molar-refractivity contribution is 0.328. The van der Waals surface area contributed by atoms with Crippen LogP contribution in [-0.4, -0.2) is 23.1 Å². The molecule has 5 nitrogen and oxygen atoms in total. The van der Waals surface area contributed by atoms with Gasteiger partial charge >= 0.3 is 0 Å². The number of hydrogen-bond acceptors (Lipinski definition) is 5. The van der Waals surface area contributed by atoms with Crippen LogP contribution in [0.2, 0.25) is 0 Å². The van der Waals surface area contributed by atoms with Gasteiger partial charge in [-0.2, -0.15) is 4.98 Å². The Labute approximate surface area is 117 Å². The molecule has 0 amide bonds. The molecule has 0 bridgehead atoms. The van der Waals surface area contributed by atoms with Gasteiger partial charge in [-0.3, -0.25) is 0 Å². The molecule has 6 heteroatoms. The van der Waals surface area contributed by atoms with E-state index in [4.69, 9.17) is 10.5 Å². The van der Waals surface area contributed by atoms with Crippen molar-refractivity contribution in [2.24, 2.45) is 0 Å². The van der Waals surface area contributed by atoms with Crippen LogP contribution < -0.4 is 15.8 Å². The largest absolute Gasteiger partial charge is 0.476 e. The van der Waals surface area contributed by atoms with E-state index >= 15 is 0 Å². The van der Waals surface area contributed by atoms with E-state index in [0.29, 0.717) is 42.5 Å². The number of nitrogens with two attached hydrogens (primary N) is 1. The lowest BCUT2D eigenvalue weighted by Crippen LogP contribution is -2.11. The van der Waals surface area contributed by atoms with Crippen molar-refractivity contribution >= 4 is 11.5 Å². The summed E-state index contributed by atoms with van der Waals surface area (Å²) in [6, 6.07) is 6.68. The number of nitrogens with one attached hydrogen (secondary N) is 1. The number of anilines is 2. The SMILES string of the molecule is CCOc1ncnc(NCCc2ccccc2F)c1N. The van der Waals surface area contributed by atoms with Crippen LogP contribution >= 0.6 is 0 Å². The Morgan fingerprint density at radius 3 is 2.85 bits per heavy atom. The molecule has 3 N–H and O–H groups in total. The minimum Gasteiger partial charge on any atom is -0.476 e. The van der Waals surface area contributed by atoms with Gasteiger partial charge in [-0.05, 0) is 25.0 Å². The van der Waals surface area contributed by atoms with Crippen LogP contribution in [0.3, 0.4) is 0 Å². The Hall–Kier alpha value is -2.37. The van der Waals surface area contributed by atoms with E-state index < -0.39 is 0 Å². The van der Waals surface area contributed by atoms with Crippen molar-refractivity contribution in [3.63, 3.8) is 0 Å². The zero-order valence-electron chi connectivity index (χ0n) is 11.3. The molecular formula is C14H17FN4O. The van der Waals surface area contributed by atoms with Crippen molar-refractivity contribution in [1.82, 2.24) is 9.97 Å². The van der Waals surface area contributed by atoms with Gasteiger partial charge in [-0.25, -0.2) is 9.37 Å². The van der Waals surface area contributed by atoms with Gasteiger partial charge in [0.15, 0.2) is 5.82 Å². The Morgan fingerprint density at radius 2 is 2.10 bits per heavy atom. The van der Waals surface area contributed by atoms with Gasteiger partial charge < -0.3 is 15.8 Å². The molecule has 0 saturated heterocycles. The van der Waals surface area contributed by atoms with Crippen LogP contribution in [-0.2, 0) is 6.42 Å². The molecule has 0 aliphatic rings. The molecule has 1 aromatic heterocycles. The molecule has 0 aliphatic carbocycles. The summed E-state index contributed by atoms with van der Waals surface area (Å²) >= 11 is 0. The Bertz CT molecular complexity index is 577. The molecule has 2 aromatic rings. The first-order chi connectivity index (χ1) is 9.72. The van der Waals surface area contributed by atoms with E-state index in [9.17, 15) is 4.39 Å². The highest BCUT2D eigenvalue weighted by Gasteiger charge is 2.08. The zero-order valence-corrected chi connectivity index (χ0v) is 11.3. The van der Waals surface area contributed by atoms with E-state index in [-0.39, 0.29) is 5.82 Å². The minimum atomic E-state index is -0.208. The van der Waals surface area contributed by atoms with Gasteiger partial charge in [0.1, 0.15) is 17.8 Å². The maximum Gasteiger partial charge on any atom is 0.242 e. The number of ether oxygens (including phenoxy) is 1. The van der Waals surface area contributed by atoms with Crippen LogP contribution in [0.4, 0.5) is 15.9 Å². The number of nitrogen functional groups attached to an aromatic ring is 1. The molecule has 1 heterocycles. The second kappa shape index (κ2) is 6.70. The van der Waals surface area contributed by atoms with E-state index in [1.165, 1.54) is 12.4 Å². The van der Waals surface area contributed by atoms with E-state index in [1.807, 2.05) is 13.0 Å². The first-order valence-corrected chi connectivity index (χ1v) is 6.43. The average Bonchev–Trinajstić information content (AvgIpc) is 2.45. The lowest BCUT2D eigenvalue weighted by atomic mass is 10.1. The van der Waals surface area contributed by atoms with Crippen LogP contribution in [0.1, 0.15) is 12.5 Å². The van der Waals surface area contributed by atoms with Crippen LogP contribution in [0.5, 0.6) is 5.88 Å². The summed E-state index contributed by atoms with van der Waals surface area (Å²) in [6.07, 6.45) is 1.92. The summed E-state index contributed by atoms with van der Waals surface area (Å²) in [5.74, 6) is 0.649. The maximum absolute atomic E-state index is 13.5. The standard InChI is InChI=1S/C14H17FN4O/c1-2-20-14-12(16)13(18-9-19-14)17-8-7-10-5-3-4-6-11(10)15/h3-6,9H,2,7-8,16H2,1H3,(H,17,18,19). The van der Waals surface area contributed by atoms with Gasteiger partial charge in [0.25, 0.3) is 0 Å². The fourth-order valence-electron chi connectivity index (χ4n) is 1.79. The van der Waals surface area contributed by atoms with Crippen LogP contribution in [0.15, 0.2) is 30.6 Å². The molecule has 0 saturated carbocycles. The highest BCUT2D eigenvalue weighted by molar-refractivity contribution is 5.66. The smallest absolute Gasteiger partial charge is 0.242 e. The molecule has 2 rings (SSSR count). The van der Waals surface area contributed by atoms with Crippen molar-refractivity contribution in [2.75, 3.05) is 24.2 Å². The summed E-state index contributed by atoms with van der Waals surface area (Å²) in [6.45, 7) is 2.86. The molecule has 106 valence electrons. The summed E-state index contributed by atoms with van der Waals surface area (Å²) in [5, 5.41) is 3.06. The first kappa shape index (κ1) is 14.0. The summed E-state index contributed by atoms with van der Waals surface area (Å²) < 4.78 is 18.7. The quantitative estimate of drug-likeness (QED) is 0.846. The monoisotopic (exact) mass is 276 g/mol. The molecule has 0 atom stereocenters. The summed E-state index contributed by atoms with van der Waals surface area (Å²) in [4.78, 5) is 8.00. The topological polar surface area (TPSA) is 73.1 Å². The number of aromatic nitrogens is 2. The predicted octanol–water partition coefficient (Wildman–Crippen LogP) is 2.25. The second-order valence-corrected chi connectivity index (χ2v) is 4.14. The minimum absolute atomic E-state index is 0.208. The average molecular weight is 276 g/mol. The molecule has 0 unspecified atom stereocenters. The van der Waals surface area contributed by atoms with Crippen molar-refractivity contribution < 1.29 is 9.13 Å². The first-order valence-electron chi connectivity index (χ1n) is 6.43. The third kappa shape index (κ3) is 3.34. The lowest BCUT2D eigenvalue weighted by Gasteiger charge is -2.11. The normalized spacial score (nSPS) is 10.3. The summed E-state index contributed by atoms with van der Waals surface area (Å²) in [7, 11) is 0. The van der Waals surface area contributed by atoms with Gasteiger partial charge in [0.2, 0.25) is 5.88 Å². The van der Waals surface area contributed by atoms with E-state index in [1.54, 1.807) is 12.1 Å². The Balaban J connectivity index is 1.98. The number of halogens is 1. The van der Waals surface area contributed by atoms with Gasteiger partial charge in [0.05, 0.1) is 6.61 Å². The fraction of sp³-hybridized carbons (Fsp3) is 0.286. The number of benzene rings is 1. The molecular weight excluding hydrogens is 259 g/mol. The predicted molar refractivity (Wildman–Crippen MR) is 76.2 cm³/mol. The van der Waals surface area contributed by atoms with Gasteiger partial charge in [-0.1, -0.05) is 18.2 Å². The van der Waals surface area contributed by atoms with Crippen LogP contribution in [0, 0.1) is 5.82 Å². The third-order valence-corrected chi connectivity index (χ3v) is 2.77. The molecule has 0 fully saturated rings. The molecule has 1 aromatic carbocycles. The third-order valence-electron chi connectivity index (χ3n) is 2.77.